The molecule has 2 aromatic heterocycles. The van der Waals surface area contributed by atoms with E-state index in [4.69, 9.17) is 26.8 Å². The number of carbonyl (C=O) groups is 1. The van der Waals surface area contributed by atoms with Gasteiger partial charge < -0.3 is 15.2 Å². The zero-order valence-corrected chi connectivity index (χ0v) is 17.0. The number of carbonyl (C=O) groups excluding carboxylic acids is 1. The van der Waals surface area contributed by atoms with E-state index < -0.39 is 10.9 Å². The molecule has 0 bridgehead atoms. The van der Waals surface area contributed by atoms with Crippen molar-refractivity contribution in [3.05, 3.63) is 63.2 Å². The number of nitrogens with zero attached hydrogens (tertiary/aromatic N) is 4. The monoisotopic (exact) mass is 441 g/mol. The number of nitrogens with two attached hydrogens (primary N) is 1. The Morgan fingerprint density at radius 2 is 1.90 bits per heavy atom. The van der Waals surface area contributed by atoms with Gasteiger partial charge in [-0.25, -0.2) is 14.8 Å². The molecule has 0 saturated carbocycles. The number of fused-ring (bicyclic) bond motifs is 2. The van der Waals surface area contributed by atoms with E-state index in [-0.39, 0.29) is 46.5 Å². The molecule has 0 aliphatic heterocycles. The Labute approximate surface area is 180 Å². The third kappa shape index (κ3) is 3.62. The molecule has 0 fully saturated rings. The molecule has 0 saturated heterocycles. The average molecular weight is 442 g/mol. The number of nitro groups is 1. The summed E-state index contributed by atoms with van der Waals surface area (Å²) >= 11 is 5.95. The Balaban J connectivity index is 2.00. The van der Waals surface area contributed by atoms with Crippen LogP contribution in [0.2, 0.25) is 5.02 Å². The molecular formula is C20H16ClN5O5. The number of anilines is 1. The number of hydrogen-bond acceptors (Lipinski definition) is 8. The smallest absolute Gasteiger partial charge is 0.344 e. The summed E-state index contributed by atoms with van der Waals surface area (Å²) in [4.78, 5) is 32.7. The highest BCUT2D eigenvalue weighted by Crippen LogP contribution is 2.34. The standard InChI is InChI=1S/C20H16ClN5O5/c1-30-8-9-31-20(27)16-17-19(24-14-5-3-2-4-13(14)23-17)25(18(16)22)11-6-7-12(21)15(10-11)26(28)29/h2-7,10H,8-9,22H2,1H3. The SMILES string of the molecule is COCCOC(=O)c1c(N)n(-c2ccc(Cl)c([N+](=O)[O-])c2)c2nc3ccccc3nc12. The Kier molecular flexibility index (Phi) is 5.40. The van der Waals surface area contributed by atoms with Crippen molar-refractivity contribution in [2.24, 2.45) is 0 Å². The van der Waals surface area contributed by atoms with Crippen molar-refractivity contribution >= 4 is 51.3 Å². The highest BCUT2D eigenvalue weighted by molar-refractivity contribution is 6.32. The van der Waals surface area contributed by atoms with Crippen LogP contribution in [-0.4, -0.2) is 45.8 Å². The number of rotatable bonds is 6. The lowest BCUT2D eigenvalue weighted by Gasteiger charge is -2.08. The van der Waals surface area contributed by atoms with E-state index in [1.807, 2.05) is 0 Å². The molecule has 0 spiro atoms. The van der Waals surface area contributed by atoms with Crippen molar-refractivity contribution in [3.63, 3.8) is 0 Å². The van der Waals surface area contributed by atoms with Gasteiger partial charge in [0.15, 0.2) is 5.65 Å². The van der Waals surface area contributed by atoms with Gasteiger partial charge in [0.2, 0.25) is 0 Å². The topological polar surface area (TPSA) is 135 Å². The number of methoxy groups -OCH3 is 1. The maximum atomic E-state index is 12.8. The predicted octanol–water partition coefficient (Wildman–Crippen LogP) is 3.52. The fraction of sp³-hybridized carbons (Fsp3) is 0.150. The molecule has 158 valence electrons. The maximum absolute atomic E-state index is 12.8. The number of benzene rings is 2. The van der Waals surface area contributed by atoms with Gasteiger partial charge in [0.1, 0.15) is 28.5 Å². The molecule has 2 heterocycles. The van der Waals surface area contributed by atoms with Gasteiger partial charge in [-0.05, 0) is 24.3 Å². The second-order valence-corrected chi connectivity index (χ2v) is 6.91. The molecule has 0 aliphatic carbocycles. The van der Waals surface area contributed by atoms with Crippen LogP contribution in [0.3, 0.4) is 0 Å². The van der Waals surface area contributed by atoms with Crippen LogP contribution in [0, 0.1) is 10.1 Å². The fourth-order valence-corrected chi connectivity index (χ4v) is 3.38. The van der Waals surface area contributed by atoms with Crippen LogP contribution >= 0.6 is 11.6 Å². The van der Waals surface area contributed by atoms with Crippen LogP contribution in [0.1, 0.15) is 10.4 Å². The molecule has 0 aliphatic rings. The quantitative estimate of drug-likeness (QED) is 0.208. The number of aromatic nitrogens is 3. The first-order valence-corrected chi connectivity index (χ1v) is 9.47. The van der Waals surface area contributed by atoms with Crippen LogP contribution in [0.25, 0.3) is 27.9 Å². The van der Waals surface area contributed by atoms with E-state index in [1.54, 1.807) is 30.3 Å². The zero-order valence-electron chi connectivity index (χ0n) is 16.2. The molecular weight excluding hydrogens is 426 g/mol. The van der Waals surface area contributed by atoms with Crippen LogP contribution < -0.4 is 5.73 Å². The van der Waals surface area contributed by atoms with E-state index in [9.17, 15) is 14.9 Å². The van der Waals surface area contributed by atoms with E-state index in [0.717, 1.165) is 0 Å². The Morgan fingerprint density at radius 3 is 2.58 bits per heavy atom. The molecule has 4 aromatic rings. The summed E-state index contributed by atoms with van der Waals surface area (Å²) in [6, 6.07) is 11.3. The van der Waals surface area contributed by atoms with Gasteiger partial charge >= 0.3 is 5.97 Å². The lowest BCUT2D eigenvalue weighted by Crippen LogP contribution is -2.12. The molecule has 11 heteroatoms. The molecule has 0 amide bonds. The summed E-state index contributed by atoms with van der Waals surface area (Å²) in [6.45, 7) is 0.233. The maximum Gasteiger partial charge on any atom is 0.344 e. The number of nitro benzene ring substituents is 1. The number of hydrogen-bond donors (Lipinski definition) is 1. The number of ether oxygens (including phenoxy) is 2. The van der Waals surface area contributed by atoms with Crippen molar-refractivity contribution in [1.29, 1.82) is 0 Å². The molecule has 0 atom stereocenters. The lowest BCUT2D eigenvalue weighted by molar-refractivity contribution is -0.384. The third-order valence-electron chi connectivity index (χ3n) is 4.61. The normalized spacial score (nSPS) is 11.2. The van der Waals surface area contributed by atoms with E-state index in [2.05, 4.69) is 9.97 Å². The first kappa shape index (κ1) is 20.5. The first-order valence-electron chi connectivity index (χ1n) is 9.09. The molecule has 0 radical (unpaired) electrons. The van der Waals surface area contributed by atoms with Gasteiger partial charge in [0, 0.05) is 13.2 Å². The predicted molar refractivity (Wildman–Crippen MR) is 115 cm³/mol. The molecule has 2 N–H and O–H groups in total. The molecule has 0 unspecified atom stereocenters. The minimum Gasteiger partial charge on any atom is -0.459 e. The van der Waals surface area contributed by atoms with E-state index in [0.29, 0.717) is 16.7 Å². The number of para-hydroxylation sites is 2. The Bertz CT molecular complexity index is 1340. The van der Waals surface area contributed by atoms with Crippen molar-refractivity contribution in [2.75, 3.05) is 26.1 Å². The number of nitrogen functional groups attached to an aromatic ring is 1. The van der Waals surface area contributed by atoms with Gasteiger partial charge in [0.25, 0.3) is 5.69 Å². The van der Waals surface area contributed by atoms with Gasteiger partial charge in [-0.2, -0.15) is 0 Å². The number of esters is 1. The molecule has 2 aromatic carbocycles. The minimum atomic E-state index is -0.702. The van der Waals surface area contributed by atoms with Gasteiger partial charge in [0.05, 0.1) is 28.3 Å². The highest BCUT2D eigenvalue weighted by Gasteiger charge is 2.27. The van der Waals surface area contributed by atoms with Crippen molar-refractivity contribution < 1.29 is 19.2 Å². The van der Waals surface area contributed by atoms with Crippen LogP contribution in [0.15, 0.2) is 42.5 Å². The van der Waals surface area contributed by atoms with Crippen LogP contribution in [0.4, 0.5) is 11.5 Å². The average Bonchev–Trinajstić information content (AvgIpc) is 3.03. The van der Waals surface area contributed by atoms with Crippen molar-refractivity contribution in [3.8, 4) is 5.69 Å². The van der Waals surface area contributed by atoms with Gasteiger partial charge in [-0.1, -0.05) is 23.7 Å². The summed E-state index contributed by atoms with van der Waals surface area (Å²) in [6.07, 6.45) is 0. The second-order valence-electron chi connectivity index (χ2n) is 6.50. The third-order valence-corrected chi connectivity index (χ3v) is 4.93. The zero-order chi connectivity index (χ0) is 22.1. The largest absolute Gasteiger partial charge is 0.459 e. The Morgan fingerprint density at radius 1 is 1.19 bits per heavy atom. The minimum absolute atomic E-state index is 0.00987. The summed E-state index contributed by atoms with van der Waals surface area (Å²) in [5, 5.41) is 11.3. The molecule has 10 nitrogen and oxygen atoms in total. The van der Waals surface area contributed by atoms with Crippen molar-refractivity contribution in [2.45, 2.75) is 0 Å². The summed E-state index contributed by atoms with van der Waals surface area (Å²) < 4.78 is 11.6. The summed E-state index contributed by atoms with van der Waals surface area (Å²) in [5.74, 6) is -0.712. The molecule has 4 rings (SSSR count). The number of halogens is 1. The van der Waals surface area contributed by atoms with E-state index in [1.165, 1.54) is 23.8 Å². The first-order chi connectivity index (χ1) is 14.9. The van der Waals surface area contributed by atoms with Crippen LogP contribution in [0.5, 0.6) is 0 Å². The van der Waals surface area contributed by atoms with Gasteiger partial charge in [-0.3, -0.25) is 14.7 Å². The summed E-state index contributed by atoms with van der Waals surface area (Å²) in [5.41, 5.74) is 7.94. The van der Waals surface area contributed by atoms with Gasteiger partial charge in [-0.15, -0.1) is 0 Å². The summed E-state index contributed by atoms with van der Waals surface area (Å²) in [7, 11) is 1.49. The molecule has 31 heavy (non-hydrogen) atoms. The van der Waals surface area contributed by atoms with Crippen LogP contribution in [-0.2, 0) is 9.47 Å². The highest BCUT2D eigenvalue weighted by atomic mass is 35.5. The lowest BCUT2D eigenvalue weighted by atomic mass is 10.2. The van der Waals surface area contributed by atoms with Crippen molar-refractivity contribution in [1.82, 2.24) is 14.5 Å². The fourth-order valence-electron chi connectivity index (χ4n) is 3.19. The van der Waals surface area contributed by atoms with E-state index >= 15 is 0 Å². The second kappa shape index (κ2) is 8.17. The Hall–Kier alpha value is -3.76.